The molecule has 0 spiro atoms. The zero-order valence-corrected chi connectivity index (χ0v) is 13.4. The summed E-state index contributed by atoms with van der Waals surface area (Å²) in [6.07, 6.45) is 5.22. The molecule has 0 radical (unpaired) electrons. The monoisotopic (exact) mass is 322 g/mol. The number of hydrogen-bond acceptors (Lipinski definition) is 4. The molecule has 122 valence electrons. The van der Waals surface area contributed by atoms with Gasteiger partial charge in [0.05, 0.1) is 19.3 Å². The van der Waals surface area contributed by atoms with Crippen molar-refractivity contribution >= 4 is 17.3 Å². The lowest BCUT2D eigenvalue weighted by Crippen LogP contribution is -2.47. The third-order valence-electron chi connectivity index (χ3n) is 3.91. The topological polar surface area (TPSA) is 64.8 Å². The van der Waals surface area contributed by atoms with Gasteiger partial charge in [0.25, 0.3) is 5.91 Å². The van der Waals surface area contributed by atoms with E-state index in [2.05, 4.69) is 5.92 Å². The molecule has 3 rings (SSSR count). The first-order valence-corrected chi connectivity index (χ1v) is 7.56. The van der Waals surface area contributed by atoms with Crippen LogP contribution in [0.25, 0.3) is 0 Å². The summed E-state index contributed by atoms with van der Waals surface area (Å²) in [5, 5.41) is 0. The van der Waals surface area contributed by atoms with Gasteiger partial charge in [-0.05, 0) is 29.8 Å². The summed E-state index contributed by atoms with van der Waals surface area (Å²) < 4.78 is 11.0. The molecule has 1 aliphatic rings. The largest absolute Gasteiger partial charge is 0.497 e. The van der Waals surface area contributed by atoms with Gasteiger partial charge < -0.3 is 15.2 Å². The van der Waals surface area contributed by atoms with Crippen LogP contribution in [0.2, 0.25) is 0 Å². The quantitative estimate of drug-likeness (QED) is 0.693. The second-order valence-electron chi connectivity index (χ2n) is 5.51. The van der Waals surface area contributed by atoms with Crippen LogP contribution in [0.5, 0.6) is 11.5 Å². The van der Waals surface area contributed by atoms with Gasteiger partial charge in [0, 0.05) is 18.2 Å². The molecule has 1 heterocycles. The van der Waals surface area contributed by atoms with E-state index in [1.54, 1.807) is 30.2 Å². The Balaban J connectivity index is 1.88. The second kappa shape index (κ2) is 6.55. The first kappa shape index (κ1) is 15.8. The molecule has 2 aromatic carbocycles. The summed E-state index contributed by atoms with van der Waals surface area (Å²) >= 11 is 0. The molecule has 2 aromatic rings. The number of nitrogen functional groups attached to an aromatic ring is 1. The number of nitrogens with two attached hydrogens (primary N) is 1. The summed E-state index contributed by atoms with van der Waals surface area (Å²) in [5.41, 5.74) is 8.03. The maximum Gasteiger partial charge on any atom is 0.269 e. The van der Waals surface area contributed by atoms with Crippen LogP contribution in [0.3, 0.4) is 0 Å². The normalized spacial score (nSPS) is 16.1. The molecular weight excluding hydrogens is 304 g/mol. The van der Waals surface area contributed by atoms with E-state index in [0.29, 0.717) is 23.5 Å². The summed E-state index contributed by atoms with van der Waals surface area (Å²) in [5.74, 6) is 3.71. The van der Waals surface area contributed by atoms with E-state index in [1.165, 1.54) is 0 Å². The smallest absolute Gasteiger partial charge is 0.269 e. The number of methoxy groups -OCH3 is 1. The molecule has 0 aromatic heterocycles. The minimum atomic E-state index is -0.638. The molecule has 0 saturated carbocycles. The van der Waals surface area contributed by atoms with Crippen molar-refractivity contribution in [2.24, 2.45) is 0 Å². The van der Waals surface area contributed by atoms with E-state index in [-0.39, 0.29) is 12.5 Å². The fraction of sp³-hybridized carbons (Fsp3) is 0.211. The minimum absolute atomic E-state index is 0.152. The van der Waals surface area contributed by atoms with Crippen LogP contribution in [-0.2, 0) is 11.2 Å². The first-order valence-electron chi connectivity index (χ1n) is 7.56. The van der Waals surface area contributed by atoms with Crippen LogP contribution in [0.15, 0.2) is 42.5 Å². The van der Waals surface area contributed by atoms with E-state index in [1.807, 2.05) is 24.3 Å². The lowest BCUT2D eigenvalue weighted by atomic mass is 10.0. The Bertz CT molecular complexity index is 793. The number of carbonyl (C=O) groups excluding carboxylic acids is 1. The minimum Gasteiger partial charge on any atom is -0.497 e. The van der Waals surface area contributed by atoms with Crippen LogP contribution >= 0.6 is 0 Å². The Labute approximate surface area is 141 Å². The highest BCUT2D eigenvalue weighted by atomic mass is 16.5. The van der Waals surface area contributed by atoms with Crippen molar-refractivity contribution in [3.8, 4) is 23.8 Å². The average molecular weight is 322 g/mol. The Morgan fingerprint density at radius 2 is 2.04 bits per heavy atom. The number of terminal acetylenes is 1. The summed E-state index contributed by atoms with van der Waals surface area (Å²) in [7, 11) is 1.61. The SMILES string of the molecule is C#CCN1C(=O)C(Cc2ccc(OC)cc2)Oc2cc(N)ccc21. The van der Waals surface area contributed by atoms with Crippen molar-refractivity contribution in [1.29, 1.82) is 0 Å². The van der Waals surface area contributed by atoms with E-state index in [0.717, 1.165) is 11.3 Å². The van der Waals surface area contributed by atoms with Crippen molar-refractivity contribution in [3.63, 3.8) is 0 Å². The maximum atomic E-state index is 12.7. The highest BCUT2D eigenvalue weighted by Crippen LogP contribution is 2.36. The van der Waals surface area contributed by atoms with Gasteiger partial charge in [-0.1, -0.05) is 18.1 Å². The van der Waals surface area contributed by atoms with Gasteiger partial charge in [0.2, 0.25) is 0 Å². The Morgan fingerprint density at radius 1 is 1.29 bits per heavy atom. The van der Waals surface area contributed by atoms with Crippen LogP contribution in [0, 0.1) is 12.3 Å². The van der Waals surface area contributed by atoms with Crippen molar-refractivity contribution in [2.75, 3.05) is 24.3 Å². The van der Waals surface area contributed by atoms with Gasteiger partial charge in [0.1, 0.15) is 11.5 Å². The zero-order chi connectivity index (χ0) is 17.1. The number of benzene rings is 2. The van der Waals surface area contributed by atoms with Crippen LogP contribution in [0.4, 0.5) is 11.4 Å². The molecule has 2 N–H and O–H groups in total. The number of rotatable bonds is 4. The number of carbonyl (C=O) groups is 1. The Hall–Kier alpha value is -3.13. The number of hydrogen-bond donors (Lipinski definition) is 1. The molecule has 0 aliphatic carbocycles. The second-order valence-corrected chi connectivity index (χ2v) is 5.51. The third kappa shape index (κ3) is 2.99. The van der Waals surface area contributed by atoms with Gasteiger partial charge in [-0.2, -0.15) is 0 Å². The standard InChI is InChI=1S/C19H18N2O3/c1-3-10-21-16-9-6-14(20)12-17(16)24-18(19(21)22)11-13-4-7-15(23-2)8-5-13/h1,4-9,12,18H,10-11,20H2,2H3. The summed E-state index contributed by atoms with van der Waals surface area (Å²) in [6, 6.07) is 12.7. The average Bonchev–Trinajstić information content (AvgIpc) is 2.59. The van der Waals surface area contributed by atoms with Gasteiger partial charge in [-0.25, -0.2) is 0 Å². The lowest BCUT2D eigenvalue weighted by molar-refractivity contribution is -0.126. The number of nitrogens with zero attached hydrogens (tertiary/aromatic N) is 1. The number of anilines is 2. The van der Waals surface area contributed by atoms with E-state index in [4.69, 9.17) is 21.6 Å². The van der Waals surface area contributed by atoms with E-state index in [9.17, 15) is 4.79 Å². The molecule has 0 saturated heterocycles. The molecule has 1 aliphatic heterocycles. The molecule has 24 heavy (non-hydrogen) atoms. The zero-order valence-electron chi connectivity index (χ0n) is 13.4. The predicted octanol–water partition coefficient (Wildman–Crippen LogP) is 2.25. The highest BCUT2D eigenvalue weighted by Gasteiger charge is 2.34. The van der Waals surface area contributed by atoms with Crippen LogP contribution in [0.1, 0.15) is 5.56 Å². The Kier molecular flexibility index (Phi) is 4.30. The number of amides is 1. The van der Waals surface area contributed by atoms with Gasteiger partial charge in [-0.15, -0.1) is 6.42 Å². The molecular formula is C19H18N2O3. The third-order valence-corrected chi connectivity index (χ3v) is 3.91. The highest BCUT2D eigenvalue weighted by molar-refractivity contribution is 6.00. The lowest BCUT2D eigenvalue weighted by Gasteiger charge is -2.33. The van der Waals surface area contributed by atoms with Crippen LogP contribution < -0.4 is 20.1 Å². The van der Waals surface area contributed by atoms with E-state index >= 15 is 0 Å². The fourth-order valence-electron chi connectivity index (χ4n) is 2.70. The summed E-state index contributed by atoms with van der Waals surface area (Å²) in [6.45, 7) is 0.193. The first-order chi connectivity index (χ1) is 11.6. The van der Waals surface area contributed by atoms with E-state index < -0.39 is 6.10 Å². The molecule has 0 bridgehead atoms. The van der Waals surface area contributed by atoms with Gasteiger partial charge in [0.15, 0.2) is 6.10 Å². The van der Waals surface area contributed by atoms with Crippen molar-refractivity contribution in [2.45, 2.75) is 12.5 Å². The Morgan fingerprint density at radius 3 is 2.71 bits per heavy atom. The maximum absolute atomic E-state index is 12.7. The molecule has 0 fully saturated rings. The summed E-state index contributed by atoms with van der Waals surface area (Å²) in [4.78, 5) is 14.3. The van der Waals surface area contributed by atoms with Crippen molar-refractivity contribution in [3.05, 3.63) is 48.0 Å². The van der Waals surface area contributed by atoms with Crippen molar-refractivity contribution in [1.82, 2.24) is 0 Å². The van der Waals surface area contributed by atoms with Gasteiger partial charge >= 0.3 is 0 Å². The molecule has 1 amide bonds. The van der Waals surface area contributed by atoms with Gasteiger partial charge in [-0.3, -0.25) is 9.69 Å². The molecule has 1 unspecified atom stereocenters. The number of ether oxygens (including phenoxy) is 2. The number of fused-ring (bicyclic) bond motifs is 1. The predicted molar refractivity (Wildman–Crippen MR) is 93.2 cm³/mol. The molecule has 5 nitrogen and oxygen atoms in total. The van der Waals surface area contributed by atoms with Crippen LogP contribution in [-0.4, -0.2) is 25.7 Å². The molecule has 1 atom stereocenters. The van der Waals surface area contributed by atoms with Crippen molar-refractivity contribution < 1.29 is 14.3 Å². The molecule has 5 heteroatoms. The fourth-order valence-corrected chi connectivity index (χ4v) is 2.70.